The maximum Gasteiger partial charge on any atom is 0.325 e. The molecule has 142 valence electrons. The lowest BCUT2D eigenvalue weighted by Crippen LogP contribution is -2.31. The highest BCUT2D eigenvalue weighted by Crippen LogP contribution is 2.18. The standard InChI is InChI=1S/C21H18N2O4S/c24-19(27-14-15-7-2-1-3-8-15)13-22-20(25)16-9-4-5-10-17(16)23-21(26)18-11-6-12-28-18/h1-12H,13-14H2,(H,22,25)(H,23,26). The molecule has 7 heteroatoms. The molecular weight excluding hydrogens is 376 g/mol. The Balaban J connectivity index is 1.55. The topological polar surface area (TPSA) is 84.5 Å². The normalized spacial score (nSPS) is 10.1. The number of nitrogens with one attached hydrogen (secondary N) is 2. The summed E-state index contributed by atoms with van der Waals surface area (Å²) in [7, 11) is 0. The van der Waals surface area contributed by atoms with Gasteiger partial charge < -0.3 is 15.4 Å². The summed E-state index contributed by atoms with van der Waals surface area (Å²) in [5.74, 6) is -1.31. The number of carbonyl (C=O) groups is 3. The summed E-state index contributed by atoms with van der Waals surface area (Å²) < 4.78 is 5.14. The van der Waals surface area contributed by atoms with Gasteiger partial charge in [0.15, 0.2) is 0 Å². The SMILES string of the molecule is O=C(CNC(=O)c1ccccc1NC(=O)c1cccs1)OCc1ccccc1. The van der Waals surface area contributed by atoms with Crippen LogP contribution in [-0.2, 0) is 16.1 Å². The molecule has 0 aliphatic rings. The highest BCUT2D eigenvalue weighted by Gasteiger charge is 2.15. The molecule has 1 heterocycles. The second-order valence-corrected chi connectivity index (χ2v) is 6.75. The third-order valence-corrected chi connectivity index (χ3v) is 4.67. The van der Waals surface area contributed by atoms with Crippen LogP contribution in [0.15, 0.2) is 72.1 Å². The van der Waals surface area contributed by atoms with E-state index in [0.29, 0.717) is 10.6 Å². The van der Waals surface area contributed by atoms with Crippen molar-refractivity contribution in [1.29, 1.82) is 0 Å². The van der Waals surface area contributed by atoms with Crippen LogP contribution in [0.2, 0.25) is 0 Å². The number of para-hydroxylation sites is 1. The maximum absolute atomic E-state index is 12.4. The minimum Gasteiger partial charge on any atom is -0.460 e. The number of ether oxygens (including phenoxy) is 1. The van der Waals surface area contributed by atoms with Gasteiger partial charge in [0.1, 0.15) is 13.2 Å². The largest absolute Gasteiger partial charge is 0.460 e. The molecule has 3 rings (SSSR count). The van der Waals surface area contributed by atoms with Crippen LogP contribution < -0.4 is 10.6 Å². The summed E-state index contributed by atoms with van der Waals surface area (Å²) in [6, 6.07) is 19.4. The molecule has 28 heavy (non-hydrogen) atoms. The van der Waals surface area contributed by atoms with Crippen LogP contribution in [0.4, 0.5) is 5.69 Å². The summed E-state index contributed by atoms with van der Waals surface area (Å²) in [6.45, 7) is -0.123. The second kappa shape index (κ2) is 9.48. The van der Waals surface area contributed by atoms with E-state index in [2.05, 4.69) is 10.6 Å². The molecular formula is C21H18N2O4S. The predicted octanol–water partition coefficient (Wildman–Crippen LogP) is 3.47. The number of rotatable bonds is 7. The lowest BCUT2D eigenvalue weighted by atomic mass is 10.1. The van der Waals surface area contributed by atoms with Crippen molar-refractivity contribution in [1.82, 2.24) is 5.32 Å². The van der Waals surface area contributed by atoms with Crippen LogP contribution in [0.5, 0.6) is 0 Å². The van der Waals surface area contributed by atoms with Crippen LogP contribution in [0.1, 0.15) is 25.6 Å². The summed E-state index contributed by atoms with van der Waals surface area (Å²) in [5, 5.41) is 7.04. The van der Waals surface area contributed by atoms with Crippen LogP contribution in [-0.4, -0.2) is 24.3 Å². The smallest absolute Gasteiger partial charge is 0.325 e. The number of amides is 2. The van der Waals surface area contributed by atoms with Crippen molar-refractivity contribution in [2.24, 2.45) is 0 Å². The molecule has 0 aliphatic heterocycles. The third kappa shape index (κ3) is 5.28. The van der Waals surface area contributed by atoms with Crippen LogP contribution in [0, 0.1) is 0 Å². The summed E-state index contributed by atoms with van der Waals surface area (Å²) in [5.41, 5.74) is 1.50. The molecule has 0 bridgehead atoms. The average molecular weight is 394 g/mol. The van der Waals surface area contributed by atoms with Gasteiger partial charge in [-0.15, -0.1) is 11.3 Å². The van der Waals surface area contributed by atoms with E-state index in [1.54, 1.807) is 41.8 Å². The highest BCUT2D eigenvalue weighted by atomic mass is 32.1. The number of anilines is 1. The van der Waals surface area contributed by atoms with Gasteiger partial charge in [0.05, 0.1) is 16.1 Å². The summed E-state index contributed by atoms with van der Waals surface area (Å²) >= 11 is 1.31. The minimum absolute atomic E-state index is 0.142. The zero-order valence-corrected chi connectivity index (χ0v) is 15.7. The molecule has 0 saturated carbocycles. The summed E-state index contributed by atoms with van der Waals surface area (Å²) in [4.78, 5) is 37.1. The van der Waals surface area contributed by atoms with E-state index in [4.69, 9.17) is 4.74 Å². The number of benzene rings is 2. The van der Waals surface area contributed by atoms with Crippen molar-refractivity contribution in [2.75, 3.05) is 11.9 Å². The zero-order chi connectivity index (χ0) is 19.8. The van der Waals surface area contributed by atoms with E-state index in [-0.39, 0.29) is 24.6 Å². The monoisotopic (exact) mass is 394 g/mol. The lowest BCUT2D eigenvalue weighted by molar-refractivity contribution is -0.143. The van der Waals surface area contributed by atoms with Crippen molar-refractivity contribution < 1.29 is 19.1 Å². The molecule has 0 radical (unpaired) electrons. The highest BCUT2D eigenvalue weighted by molar-refractivity contribution is 7.12. The molecule has 2 aromatic carbocycles. The van der Waals surface area contributed by atoms with Gasteiger partial charge in [-0.3, -0.25) is 14.4 Å². The van der Waals surface area contributed by atoms with Crippen LogP contribution in [0.25, 0.3) is 0 Å². The first kappa shape index (κ1) is 19.3. The number of thiophene rings is 1. The second-order valence-electron chi connectivity index (χ2n) is 5.81. The van der Waals surface area contributed by atoms with Crippen LogP contribution >= 0.6 is 11.3 Å². The molecule has 0 spiro atoms. The quantitative estimate of drug-likeness (QED) is 0.601. The Bertz CT molecular complexity index is 956. The third-order valence-electron chi connectivity index (χ3n) is 3.80. The molecule has 0 atom stereocenters. The first-order valence-electron chi connectivity index (χ1n) is 8.55. The van der Waals surface area contributed by atoms with Crippen molar-refractivity contribution >= 4 is 34.8 Å². The van der Waals surface area contributed by atoms with Gasteiger partial charge in [-0.25, -0.2) is 0 Å². The molecule has 2 amide bonds. The molecule has 1 aromatic heterocycles. The predicted molar refractivity (Wildman–Crippen MR) is 107 cm³/mol. The van der Waals surface area contributed by atoms with Gasteiger partial charge in [0.25, 0.3) is 11.8 Å². The van der Waals surface area contributed by atoms with E-state index < -0.39 is 11.9 Å². The van der Waals surface area contributed by atoms with Gasteiger partial charge in [-0.05, 0) is 29.1 Å². The number of esters is 1. The van der Waals surface area contributed by atoms with Crippen molar-refractivity contribution in [3.63, 3.8) is 0 Å². The van der Waals surface area contributed by atoms with E-state index in [1.165, 1.54) is 11.3 Å². The molecule has 0 fully saturated rings. The molecule has 0 saturated heterocycles. The fourth-order valence-electron chi connectivity index (χ4n) is 2.42. The average Bonchev–Trinajstić information content (AvgIpc) is 3.27. The van der Waals surface area contributed by atoms with E-state index in [9.17, 15) is 14.4 Å². The van der Waals surface area contributed by atoms with Gasteiger partial charge in [-0.2, -0.15) is 0 Å². The minimum atomic E-state index is -0.544. The Labute approximate surface area is 166 Å². The van der Waals surface area contributed by atoms with Gasteiger partial charge >= 0.3 is 5.97 Å². The Morgan fingerprint density at radius 3 is 2.36 bits per heavy atom. The first-order valence-corrected chi connectivity index (χ1v) is 9.43. The number of hydrogen-bond acceptors (Lipinski definition) is 5. The van der Waals surface area contributed by atoms with Gasteiger partial charge in [0.2, 0.25) is 0 Å². The zero-order valence-electron chi connectivity index (χ0n) is 14.9. The maximum atomic E-state index is 12.4. The van der Waals surface area contributed by atoms with E-state index in [1.807, 2.05) is 30.3 Å². The van der Waals surface area contributed by atoms with Gasteiger partial charge in [0, 0.05) is 0 Å². The Kier molecular flexibility index (Phi) is 6.54. The fourth-order valence-corrected chi connectivity index (χ4v) is 3.04. The molecule has 2 N–H and O–H groups in total. The number of carbonyl (C=O) groups excluding carboxylic acids is 3. The Morgan fingerprint density at radius 2 is 1.61 bits per heavy atom. The summed E-state index contributed by atoms with van der Waals surface area (Å²) in [6.07, 6.45) is 0. The van der Waals surface area contributed by atoms with E-state index in [0.717, 1.165) is 5.56 Å². The molecule has 6 nitrogen and oxygen atoms in total. The van der Waals surface area contributed by atoms with Crippen molar-refractivity contribution in [3.05, 3.63) is 88.1 Å². The lowest BCUT2D eigenvalue weighted by Gasteiger charge is -2.11. The molecule has 0 aliphatic carbocycles. The fraction of sp³-hybridized carbons (Fsp3) is 0.0952. The Morgan fingerprint density at radius 1 is 0.857 bits per heavy atom. The number of hydrogen-bond donors (Lipinski definition) is 2. The van der Waals surface area contributed by atoms with Crippen molar-refractivity contribution in [2.45, 2.75) is 6.61 Å². The van der Waals surface area contributed by atoms with Gasteiger partial charge in [-0.1, -0.05) is 48.5 Å². The van der Waals surface area contributed by atoms with Crippen LogP contribution in [0.3, 0.4) is 0 Å². The molecule has 0 unspecified atom stereocenters. The van der Waals surface area contributed by atoms with E-state index >= 15 is 0 Å². The molecule has 3 aromatic rings. The van der Waals surface area contributed by atoms with Crippen molar-refractivity contribution in [3.8, 4) is 0 Å². The first-order chi connectivity index (χ1) is 13.6. The Hall–Kier alpha value is -3.45.